The highest BCUT2D eigenvalue weighted by atomic mass is 19.1. The summed E-state index contributed by atoms with van der Waals surface area (Å²) in [6.45, 7) is 3.21. The molecule has 0 saturated heterocycles. The van der Waals surface area contributed by atoms with Crippen LogP contribution in [-0.2, 0) is 9.53 Å². The fourth-order valence-corrected chi connectivity index (χ4v) is 1.87. The van der Waals surface area contributed by atoms with Gasteiger partial charge in [-0.2, -0.15) is 0 Å². The highest BCUT2D eigenvalue weighted by molar-refractivity contribution is 5.70. The molecule has 1 aliphatic carbocycles. The van der Waals surface area contributed by atoms with E-state index in [4.69, 9.17) is 5.11 Å². The molecule has 0 radical (unpaired) electrons. The van der Waals surface area contributed by atoms with E-state index in [0.29, 0.717) is 6.42 Å². The number of rotatable bonds is 5. The minimum atomic E-state index is -1.64. The Bertz CT molecular complexity index is 321. The molecule has 0 aliphatic heterocycles. The fraction of sp³-hybridized carbons (Fsp3) is 0.636. The van der Waals surface area contributed by atoms with E-state index in [1.54, 1.807) is 0 Å². The van der Waals surface area contributed by atoms with Crippen LogP contribution in [0.3, 0.4) is 0 Å². The molecule has 1 amide bonds. The van der Waals surface area contributed by atoms with Crippen molar-refractivity contribution in [1.82, 2.24) is 5.32 Å². The summed E-state index contributed by atoms with van der Waals surface area (Å²) >= 11 is 0. The first-order valence-electron chi connectivity index (χ1n) is 5.40. The zero-order chi connectivity index (χ0) is 12.9. The Kier molecular flexibility index (Phi) is 4.48. The first-order chi connectivity index (χ1) is 7.97. The second-order valence-corrected chi connectivity index (χ2v) is 4.17. The van der Waals surface area contributed by atoms with Gasteiger partial charge in [0.05, 0.1) is 12.5 Å². The molecule has 0 aromatic heterocycles. The lowest BCUT2D eigenvalue weighted by atomic mass is 10.0. The van der Waals surface area contributed by atoms with Gasteiger partial charge in [-0.15, -0.1) is 0 Å². The number of hydrogen-bond acceptors (Lipinski definition) is 3. The Morgan fingerprint density at radius 2 is 2.35 bits per heavy atom. The maximum Gasteiger partial charge on any atom is 0.407 e. The van der Waals surface area contributed by atoms with Crippen molar-refractivity contribution in [3.8, 4) is 0 Å². The third kappa shape index (κ3) is 4.05. The van der Waals surface area contributed by atoms with Crippen LogP contribution in [0, 0.1) is 5.92 Å². The minimum absolute atomic E-state index is 0.0584. The number of carbonyl (C=O) groups is 2. The Balaban J connectivity index is 2.34. The van der Waals surface area contributed by atoms with E-state index in [0.717, 1.165) is 0 Å². The predicted molar refractivity (Wildman–Crippen MR) is 58.4 cm³/mol. The molecule has 1 rings (SSSR count). The number of alkyl carbamates (subject to hydrolysis) is 1. The van der Waals surface area contributed by atoms with Gasteiger partial charge < -0.3 is 15.2 Å². The minimum Gasteiger partial charge on any atom is -0.481 e. The van der Waals surface area contributed by atoms with E-state index in [-0.39, 0.29) is 26.0 Å². The lowest BCUT2D eigenvalue weighted by molar-refractivity contribution is -0.141. The molecule has 2 N–H and O–H groups in total. The largest absolute Gasteiger partial charge is 0.481 e. The Hall–Kier alpha value is -1.59. The summed E-state index contributed by atoms with van der Waals surface area (Å²) in [5, 5.41) is 11.0. The van der Waals surface area contributed by atoms with Gasteiger partial charge in [-0.3, -0.25) is 4.79 Å². The molecule has 0 bridgehead atoms. The highest BCUT2D eigenvalue weighted by Gasteiger charge is 2.42. The molecule has 5 nitrogen and oxygen atoms in total. The number of alkyl halides is 1. The Morgan fingerprint density at radius 1 is 1.65 bits per heavy atom. The number of carboxylic acids is 1. The molecule has 6 heteroatoms. The monoisotopic (exact) mass is 245 g/mol. The number of carbonyl (C=O) groups excluding carboxylic acids is 1. The van der Waals surface area contributed by atoms with Gasteiger partial charge in [0.25, 0.3) is 0 Å². The van der Waals surface area contributed by atoms with Crippen LogP contribution in [0.25, 0.3) is 0 Å². The maximum atomic E-state index is 14.1. The number of aliphatic carboxylic acids is 1. The van der Waals surface area contributed by atoms with Crippen molar-refractivity contribution in [3.63, 3.8) is 0 Å². The number of amides is 1. The van der Waals surface area contributed by atoms with Crippen molar-refractivity contribution in [3.05, 3.63) is 12.7 Å². The second kappa shape index (κ2) is 5.65. The van der Waals surface area contributed by atoms with E-state index >= 15 is 0 Å². The molecule has 1 fully saturated rings. The summed E-state index contributed by atoms with van der Waals surface area (Å²) in [5.74, 6) is -1.65. The second-order valence-electron chi connectivity index (χ2n) is 4.17. The van der Waals surface area contributed by atoms with E-state index < -0.39 is 23.6 Å². The van der Waals surface area contributed by atoms with Gasteiger partial charge in [-0.25, -0.2) is 9.18 Å². The third-order valence-electron chi connectivity index (χ3n) is 2.78. The number of ether oxygens (including phenoxy) is 1. The topological polar surface area (TPSA) is 75.6 Å². The van der Waals surface area contributed by atoms with Gasteiger partial charge in [0, 0.05) is 0 Å². The average molecular weight is 245 g/mol. The Morgan fingerprint density at radius 3 is 2.88 bits per heavy atom. The lowest BCUT2D eigenvalue weighted by Crippen LogP contribution is -2.38. The molecule has 1 saturated carbocycles. The highest BCUT2D eigenvalue weighted by Crippen LogP contribution is 2.37. The summed E-state index contributed by atoms with van der Waals surface area (Å²) < 4.78 is 18.7. The Labute approximate surface area is 98.6 Å². The van der Waals surface area contributed by atoms with Crippen molar-refractivity contribution in [2.24, 2.45) is 5.92 Å². The number of nitrogens with one attached hydrogen (secondary N) is 1. The molecular weight excluding hydrogens is 229 g/mol. The van der Waals surface area contributed by atoms with Gasteiger partial charge >= 0.3 is 12.1 Å². The van der Waals surface area contributed by atoms with Gasteiger partial charge in [0.2, 0.25) is 0 Å². The lowest BCUT2D eigenvalue weighted by Gasteiger charge is -2.19. The fourth-order valence-electron chi connectivity index (χ4n) is 1.87. The predicted octanol–water partition coefficient (Wildman–Crippen LogP) is 1.49. The number of hydrogen-bond donors (Lipinski definition) is 2. The van der Waals surface area contributed by atoms with Crippen LogP contribution in [0.1, 0.15) is 19.3 Å². The van der Waals surface area contributed by atoms with Crippen molar-refractivity contribution >= 4 is 12.1 Å². The van der Waals surface area contributed by atoms with E-state index in [9.17, 15) is 14.0 Å². The van der Waals surface area contributed by atoms with E-state index in [2.05, 4.69) is 16.6 Å². The summed E-state index contributed by atoms with van der Waals surface area (Å²) in [6.07, 6.45) is 1.06. The molecule has 0 heterocycles. The van der Waals surface area contributed by atoms with Gasteiger partial charge in [-0.05, 0) is 19.3 Å². The van der Waals surface area contributed by atoms with Gasteiger partial charge in [-0.1, -0.05) is 12.7 Å². The quantitative estimate of drug-likeness (QED) is 0.719. The van der Waals surface area contributed by atoms with Crippen molar-refractivity contribution in [2.45, 2.75) is 24.9 Å². The van der Waals surface area contributed by atoms with Crippen LogP contribution >= 0.6 is 0 Å². The first kappa shape index (κ1) is 13.5. The van der Waals surface area contributed by atoms with Gasteiger partial charge in [0.1, 0.15) is 12.3 Å². The van der Waals surface area contributed by atoms with Crippen molar-refractivity contribution in [1.29, 1.82) is 0 Å². The molecule has 0 aromatic carbocycles. The van der Waals surface area contributed by atoms with Crippen LogP contribution in [0.2, 0.25) is 0 Å². The van der Waals surface area contributed by atoms with E-state index in [1.165, 1.54) is 6.08 Å². The van der Waals surface area contributed by atoms with Crippen LogP contribution in [0.15, 0.2) is 12.7 Å². The summed E-state index contributed by atoms with van der Waals surface area (Å²) in [7, 11) is 0. The standard InChI is InChI=1S/C11H16FNO4/c1-2-5-17-10(16)13-7-11(12)4-3-8(6-11)9(14)15/h2,8H,1,3-7H2,(H,13,16)(H,14,15)/t8-,11-/m1/s1. The normalized spacial score (nSPS) is 27.5. The van der Waals surface area contributed by atoms with Crippen LogP contribution < -0.4 is 5.32 Å². The maximum absolute atomic E-state index is 14.1. The smallest absolute Gasteiger partial charge is 0.407 e. The molecule has 0 aromatic rings. The summed E-state index contributed by atoms with van der Waals surface area (Å²) in [5.41, 5.74) is -1.64. The molecule has 1 aliphatic rings. The molecule has 96 valence electrons. The molecular formula is C11H16FNO4. The molecule has 17 heavy (non-hydrogen) atoms. The average Bonchev–Trinajstić information content (AvgIpc) is 2.67. The molecule has 0 spiro atoms. The molecule has 0 unspecified atom stereocenters. The summed E-state index contributed by atoms with van der Waals surface area (Å²) in [4.78, 5) is 21.7. The molecule has 2 atom stereocenters. The third-order valence-corrected chi connectivity index (χ3v) is 2.78. The van der Waals surface area contributed by atoms with Crippen LogP contribution in [-0.4, -0.2) is 36.0 Å². The summed E-state index contributed by atoms with van der Waals surface area (Å²) in [6, 6.07) is 0. The van der Waals surface area contributed by atoms with Crippen molar-refractivity contribution in [2.75, 3.05) is 13.2 Å². The zero-order valence-corrected chi connectivity index (χ0v) is 9.45. The van der Waals surface area contributed by atoms with E-state index in [1.807, 2.05) is 0 Å². The van der Waals surface area contributed by atoms with Crippen molar-refractivity contribution < 1.29 is 23.8 Å². The SMILES string of the molecule is C=CCOC(=O)NC[C@@]1(F)CC[C@@H](C(=O)O)C1. The first-order valence-corrected chi connectivity index (χ1v) is 5.40. The number of carboxylic acid groups (broad SMARTS) is 1. The van der Waals surface area contributed by atoms with Gasteiger partial charge in [0.15, 0.2) is 0 Å². The van der Waals surface area contributed by atoms with Crippen LogP contribution in [0.5, 0.6) is 0 Å². The number of halogens is 1. The van der Waals surface area contributed by atoms with Crippen LogP contribution in [0.4, 0.5) is 9.18 Å². The zero-order valence-electron chi connectivity index (χ0n) is 9.45.